The number of benzene rings is 1. The molecule has 0 spiro atoms. The predicted molar refractivity (Wildman–Crippen MR) is 68.0 cm³/mol. The van der Waals surface area contributed by atoms with Crippen molar-refractivity contribution in [2.24, 2.45) is 5.41 Å². The zero-order valence-electron chi connectivity index (χ0n) is 11.3. The van der Waals surface area contributed by atoms with E-state index in [-0.39, 0.29) is 6.42 Å². The molecule has 0 bridgehead atoms. The first-order valence-electron chi connectivity index (χ1n) is 6.79. The molecule has 2 rings (SSSR count). The van der Waals surface area contributed by atoms with Gasteiger partial charge in [0.1, 0.15) is 11.6 Å². The van der Waals surface area contributed by atoms with Crippen LogP contribution >= 0.6 is 0 Å². The van der Waals surface area contributed by atoms with E-state index in [0.29, 0.717) is 31.7 Å². The standard InChI is InChI=1S/C15H16F4O2/c16-10-3-4-11(12(17)7-10)15(18,19)9-14(8-13(20)21)5-1-2-6-14/h3-4,7H,1-2,5-6,8-9H2,(H,20,21). The monoisotopic (exact) mass is 304 g/mol. The van der Waals surface area contributed by atoms with Gasteiger partial charge in [-0.2, -0.15) is 0 Å². The van der Waals surface area contributed by atoms with Crippen molar-refractivity contribution >= 4 is 5.97 Å². The Kier molecular flexibility index (Phi) is 4.25. The van der Waals surface area contributed by atoms with Crippen molar-refractivity contribution < 1.29 is 27.5 Å². The SMILES string of the molecule is O=C(O)CC1(CC(F)(F)c2ccc(F)cc2F)CCCC1. The Morgan fingerprint density at radius 1 is 1.24 bits per heavy atom. The number of rotatable bonds is 5. The number of halogens is 4. The molecule has 0 unspecified atom stereocenters. The van der Waals surface area contributed by atoms with Crippen LogP contribution in [0.15, 0.2) is 18.2 Å². The second-order valence-corrected chi connectivity index (χ2v) is 5.78. The average molecular weight is 304 g/mol. The topological polar surface area (TPSA) is 37.3 Å². The van der Waals surface area contributed by atoms with Gasteiger partial charge in [-0.15, -0.1) is 0 Å². The summed E-state index contributed by atoms with van der Waals surface area (Å²) in [6.45, 7) is 0. The number of carboxylic acid groups (broad SMARTS) is 1. The Bertz CT molecular complexity index is 536. The van der Waals surface area contributed by atoms with Crippen LogP contribution in [0.2, 0.25) is 0 Å². The molecule has 1 saturated carbocycles. The maximum absolute atomic E-state index is 14.3. The lowest BCUT2D eigenvalue weighted by Gasteiger charge is -2.32. The smallest absolute Gasteiger partial charge is 0.303 e. The van der Waals surface area contributed by atoms with Gasteiger partial charge >= 0.3 is 5.97 Å². The highest BCUT2D eigenvalue weighted by Crippen LogP contribution is 2.51. The van der Waals surface area contributed by atoms with Gasteiger partial charge in [0.15, 0.2) is 0 Å². The number of alkyl halides is 2. The number of carbonyl (C=O) groups is 1. The minimum atomic E-state index is -3.52. The van der Waals surface area contributed by atoms with Crippen molar-refractivity contribution in [2.45, 2.75) is 44.4 Å². The van der Waals surface area contributed by atoms with Gasteiger partial charge in [-0.3, -0.25) is 4.79 Å². The lowest BCUT2D eigenvalue weighted by atomic mass is 9.76. The molecular formula is C15H16F4O2. The molecule has 0 heterocycles. The van der Waals surface area contributed by atoms with E-state index in [1.54, 1.807) is 0 Å². The molecule has 0 aliphatic heterocycles. The number of aliphatic carboxylic acids is 1. The molecule has 1 aliphatic carbocycles. The first-order valence-corrected chi connectivity index (χ1v) is 6.79. The number of hydrogen-bond acceptors (Lipinski definition) is 1. The molecule has 0 radical (unpaired) electrons. The number of hydrogen-bond donors (Lipinski definition) is 1. The van der Waals surface area contributed by atoms with E-state index in [1.807, 2.05) is 0 Å². The van der Waals surface area contributed by atoms with Crippen LogP contribution in [0.5, 0.6) is 0 Å². The normalized spacial score (nSPS) is 17.9. The molecule has 0 amide bonds. The maximum Gasteiger partial charge on any atom is 0.303 e. The summed E-state index contributed by atoms with van der Waals surface area (Å²) in [6, 6.07) is 1.93. The van der Waals surface area contributed by atoms with Crippen molar-refractivity contribution in [3.8, 4) is 0 Å². The summed E-state index contributed by atoms with van der Waals surface area (Å²) in [5, 5.41) is 8.93. The van der Waals surface area contributed by atoms with Gasteiger partial charge in [0.2, 0.25) is 0 Å². The Morgan fingerprint density at radius 2 is 1.86 bits per heavy atom. The average Bonchev–Trinajstić information content (AvgIpc) is 2.74. The van der Waals surface area contributed by atoms with E-state index in [2.05, 4.69) is 0 Å². The van der Waals surface area contributed by atoms with Crippen molar-refractivity contribution in [1.82, 2.24) is 0 Å². The molecule has 21 heavy (non-hydrogen) atoms. The Hall–Kier alpha value is -1.59. The second-order valence-electron chi connectivity index (χ2n) is 5.78. The molecule has 2 nitrogen and oxygen atoms in total. The summed E-state index contributed by atoms with van der Waals surface area (Å²) in [4.78, 5) is 10.9. The van der Waals surface area contributed by atoms with E-state index in [4.69, 9.17) is 5.11 Å². The third kappa shape index (κ3) is 3.54. The molecule has 1 N–H and O–H groups in total. The van der Waals surface area contributed by atoms with Crippen LogP contribution in [0, 0.1) is 17.0 Å². The molecule has 1 aromatic rings. The zero-order valence-corrected chi connectivity index (χ0v) is 11.3. The van der Waals surface area contributed by atoms with Crippen LogP contribution in [0.25, 0.3) is 0 Å². The van der Waals surface area contributed by atoms with Crippen LogP contribution in [0.3, 0.4) is 0 Å². The van der Waals surface area contributed by atoms with Crippen molar-refractivity contribution in [2.75, 3.05) is 0 Å². The van der Waals surface area contributed by atoms with Gasteiger partial charge in [-0.1, -0.05) is 12.8 Å². The zero-order chi connectivity index (χ0) is 15.7. The highest BCUT2D eigenvalue weighted by atomic mass is 19.3. The van der Waals surface area contributed by atoms with E-state index >= 15 is 0 Å². The Balaban J connectivity index is 2.27. The minimum absolute atomic E-state index is 0.356. The fraction of sp³-hybridized carbons (Fsp3) is 0.533. The van der Waals surface area contributed by atoms with E-state index < -0.39 is 40.9 Å². The van der Waals surface area contributed by atoms with Gasteiger partial charge in [-0.25, -0.2) is 17.6 Å². The van der Waals surface area contributed by atoms with Crippen LogP contribution in [-0.2, 0) is 10.7 Å². The summed E-state index contributed by atoms with van der Waals surface area (Å²) < 4.78 is 55.1. The van der Waals surface area contributed by atoms with Gasteiger partial charge < -0.3 is 5.11 Å². The third-order valence-corrected chi connectivity index (χ3v) is 4.11. The first-order chi connectivity index (χ1) is 9.74. The maximum atomic E-state index is 14.3. The molecule has 116 valence electrons. The predicted octanol–water partition coefficient (Wildman–Crippen LogP) is 4.48. The van der Waals surface area contributed by atoms with Crippen LogP contribution in [0.1, 0.15) is 44.1 Å². The van der Waals surface area contributed by atoms with Gasteiger partial charge in [0, 0.05) is 12.5 Å². The molecule has 0 aromatic heterocycles. The third-order valence-electron chi connectivity index (χ3n) is 4.11. The molecule has 0 atom stereocenters. The van der Waals surface area contributed by atoms with Gasteiger partial charge in [-0.05, 0) is 30.4 Å². The van der Waals surface area contributed by atoms with E-state index in [1.165, 1.54) is 0 Å². The molecule has 1 aliphatic rings. The van der Waals surface area contributed by atoms with Crippen LogP contribution in [-0.4, -0.2) is 11.1 Å². The quantitative estimate of drug-likeness (QED) is 0.814. The van der Waals surface area contributed by atoms with E-state index in [9.17, 15) is 22.4 Å². The fourth-order valence-electron chi connectivity index (χ4n) is 3.21. The second kappa shape index (κ2) is 5.66. The van der Waals surface area contributed by atoms with Crippen molar-refractivity contribution in [1.29, 1.82) is 0 Å². The molecule has 1 aromatic carbocycles. The highest BCUT2D eigenvalue weighted by molar-refractivity contribution is 5.67. The Morgan fingerprint density at radius 3 is 2.38 bits per heavy atom. The summed E-state index contributed by atoms with van der Waals surface area (Å²) in [5.74, 6) is -6.87. The number of carboxylic acids is 1. The van der Waals surface area contributed by atoms with Gasteiger partial charge in [0.05, 0.1) is 12.0 Å². The van der Waals surface area contributed by atoms with E-state index in [0.717, 1.165) is 12.1 Å². The summed E-state index contributed by atoms with van der Waals surface area (Å²) in [6.07, 6.45) is 1.07. The van der Waals surface area contributed by atoms with Gasteiger partial charge in [0.25, 0.3) is 5.92 Å². The molecule has 6 heteroatoms. The molecule has 1 fully saturated rings. The van der Waals surface area contributed by atoms with Crippen LogP contribution < -0.4 is 0 Å². The van der Waals surface area contributed by atoms with Crippen molar-refractivity contribution in [3.05, 3.63) is 35.4 Å². The fourth-order valence-corrected chi connectivity index (χ4v) is 3.21. The highest BCUT2D eigenvalue weighted by Gasteiger charge is 2.47. The molecule has 0 saturated heterocycles. The molecular weight excluding hydrogens is 288 g/mol. The largest absolute Gasteiger partial charge is 0.481 e. The van der Waals surface area contributed by atoms with Crippen LogP contribution in [0.4, 0.5) is 17.6 Å². The summed E-state index contributed by atoms with van der Waals surface area (Å²) in [7, 11) is 0. The lowest BCUT2D eigenvalue weighted by Crippen LogP contribution is -2.30. The Labute approximate surface area is 119 Å². The minimum Gasteiger partial charge on any atom is -0.481 e. The first kappa shape index (κ1) is 15.8. The van der Waals surface area contributed by atoms with Crippen molar-refractivity contribution in [3.63, 3.8) is 0 Å². The lowest BCUT2D eigenvalue weighted by molar-refractivity contribution is -0.141. The summed E-state index contributed by atoms with van der Waals surface area (Å²) >= 11 is 0. The summed E-state index contributed by atoms with van der Waals surface area (Å²) in [5.41, 5.74) is -1.89.